The average molecular weight is 260 g/mol. The Morgan fingerprint density at radius 3 is 2.37 bits per heavy atom. The lowest BCUT2D eigenvalue weighted by Crippen LogP contribution is -2.51. The summed E-state index contributed by atoms with van der Waals surface area (Å²) in [6.07, 6.45) is 1.17. The average Bonchev–Trinajstić information content (AvgIpc) is 2.39. The van der Waals surface area contributed by atoms with E-state index in [-0.39, 0.29) is 11.1 Å². The highest BCUT2D eigenvalue weighted by atomic mass is 15.2. The Morgan fingerprint density at radius 2 is 1.74 bits per heavy atom. The lowest BCUT2D eigenvalue weighted by molar-refractivity contribution is 0.409. The molecule has 106 valence electrons. The summed E-state index contributed by atoms with van der Waals surface area (Å²) in [6.45, 7) is 15.8. The Labute approximate surface area is 118 Å². The minimum absolute atomic E-state index is 0.159. The third kappa shape index (κ3) is 3.11. The molecule has 1 aromatic carbocycles. The molecule has 1 aliphatic heterocycles. The largest absolute Gasteiger partial charge is 0.365 e. The topological polar surface area (TPSA) is 15.3 Å². The molecule has 2 rings (SSSR count). The van der Waals surface area contributed by atoms with Gasteiger partial charge in [-0.1, -0.05) is 6.07 Å². The number of hydrogen-bond donors (Lipinski definition) is 1. The van der Waals surface area contributed by atoms with Crippen LogP contribution in [-0.2, 0) is 0 Å². The quantitative estimate of drug-likeness (QED) is 0.829. The first-order chi connectivity index (χ1) is 8.71. The maximum Gasteiger partial charge on any atom is 0.0374 e. The van der Waals surface area contributed by atoms with Crippen LogP contribution in [0.4, 0.5) is 5.69 Å². The first-order valence-electron chi connectivity index (χ1n) is 7.31. The van der Waals surface area contributed by atoms with Crippen LogP contribution in [-0.4, -0.2) is 24.2 Å². The van der Waals surface area contributed by atoms with Gasteiger partial charge >= 0.3 is 0 Å². The third-order valence-electron chi connectivity index (χ3n) is 4.43. The molecule has 0 unspecified atom stereocenters. The second-order valence-electron chi connectivity index (χ2n) is 7.23. The predicted molar refractivity (Wildman–Crippen MR) is 84.0 cm³/mol. The number of benzene rings is 1. The molecular weight excluding hydrogens is 232 g/mol. The van der Waals surface area contributed by atoms with Crippen molar-refractivity contribution < 1.29 is 0 Å². The van der Waals surface area contributed by atoms with Gasteiger partial charge in [-0.05, 0) is 77.8 Å². The molecular formula is C17H28N2. The van der Waals surface area contributed by atoms with Crippen LogP contribution in [0.25, 0.3) is 0 Å². The van der Waals surface area contributed by atoms with Gasteiger partial charge in [0.1, 0.15) is 0 Å². The molecule has 1 N–H and O–H groups in total. The summed E-state index contributed by atoms with van der Waals surface area (Å²) in [5.41, 5.74) is 4.46. The SMILES string of the molecule is Cc1ccc(N2CC(C)(C)NCCC2(C)C)cc1C. The predicted octanol–water partition coefficient (Wildman–Crippen LogP) is 3.66. The highest BCUT2D eigenvalue weighted by molar-refractivity contribution is 5.53. The highest BCUT2D eigenvalue weighted by Gasteiger charge is 2.35. The summed E-state index contributed by atoms with van der Waals surface area (Å²) in [7, 11) is 0. The monoisotopic (exact) mass is 260 g/mol. The molecule has 0 radical (unpaired) electrons. The zero-order chi connectivity index (χ0) is 14.3. The van der Waals surface area contributed by atoms with Gasteiger partial charge in [-0.15, -0.1) is 0 Å². The van der Waals surface area contributed by atoms with Crippen LogP contribution >= 0.6 is 0 Å². The Morgan fingerprint density at radius 1 is 1.05 bits per heavy atom. The summed E-state index contributed by atoms with van der Waals surface area (Å²) in [4.78, 5) is 2.57. The fourth-order valence-corrected chi connectivity index (χ4v) is 2.84. The standard InChI is InChI=1S/C17H28N2/c1-13-7-8-15(11-14(13)2)19-12-16(3,4)18-10-9-17(19,5)6/h7-8,11,18H,9-10,12H2,1-6H3. The van der Waals surface area contributed by atoms with Gasteiger partial charge in [-0.25, -0.2) is 0 Å². The lowest BCUT2D eigenvalue weighted by Gasteiger charge is -2.41. The second-order valence-corrected chi connectivity index (χ2v) is 7.23. The van der Waals surface area contributed by atoms with Crippen LogP contribution in [0.2, 0.25) is 0 Å². The number of nitrogens with one attached hydrogen (secondary N) is 1. The van der Waals surface area contributed by atoms with Crippen LogP contribution in [0.1, 0.15) is 45.2 Å². The Hall–Kier alpha value is -1.02. The Balaban J connectivity index is 2.39. The van der Waals surface area contributed by atoms with Crippen LogP contribution in [0.3, 0.4) is 0 Å². The molecule has 0 saturated carbocycles. The fourth-order valence-electron chi connectivity index (χ4n) is 2.84. The van der Waals surface area contributed by atoms with E-state index >= 15 is 0 Å². The number of anilines is 1. The number of rotatable bonds is 1. The molecule has 2 nitrogen and oxygen atoms in total. The van der Waals surface area contributed by atoms with Crippen molar-refractivity contribution in [3.05, 3.63) is 29.3 Å². The van der Waals surface area contributed by atoms with Crippen molar-refractivity contribution in [2.24, 2.45) is 0 Å². The van der Waals surface area contributed by atoms with Gasteiger partial charge in [-0.2, -0.15) is 0 Å². The van der Waals surface area contributed by atoms with E-state index in [4.69, 9.17) is 0 Å². The zero-order valence-corrected chi connectivity index (χ0v) is 13.3. The van der Waals surface area contributed by atoms with E-state index in [1.54, 1.807) is 0 Å². The molecule has 2 heteroatoms. The molecule has 1 heterocycles. The van der Waals surface area contributed by atoms with Crippen molar-refractivity contribution in [2.75, 3.05) is 18.0 Å². The minimum Gasteiger partial charge on any atom is -0.365 e. The Kier molecular flexibility index (Phi) is 3.65. The van der Waals surface area contributed by atoms with E-state index in [1.165, 1.54) is 23.2 Å². The Bertz CT molecular complexity index is 460. The van der Waals surface area contributed by atoms with Crippen molar-refractivity contribution >= 4 is 5.69 Å². The molecule has 0 amide bonds. The van der Waals surface area contributed by atoms with Gasteiger partial charge in [0, 0.05) is 23.3 Å². The smallest absolute Gasteiger partial charge is 0.0374 e. The van der Waals surface area contributed by atoms with E-state index in [0.717, 1.165) is 13.1 Å². The molecule has 0 spiro atoms. The molecule has 1 saturated heterocycles. The van der Waals surface area contributed by atoms with Crippen molar-refractivity contribution in [3.63, 3.8) is 0 Å². The second kappa shape index (κ2) is 4.82. The third-order valence-corrected chi connectivity index (χ3v) is 4.43. The maximum absolute atomic E-state index is 3.66. The summed E-state index contributed by atoms with van der Waals surface area (Å²) in [6, 6.07) is 6.84. The molecule has 0 aliphatic carbocycles. The van der Waals surface area contributed by atoms with Crippen molar-refractivity contribution in [1.82, 2.24) is 5.32 Å². The van der Waals surface area contributed by atoms with Crippen LogP contribution in [0.15, 0.2) is 18.2 Å². The van der Waals surface area contributed by atoms with Gasteiger partial charge in [0.25, 0.3) is 0 Å². The molecule has 0 bridgehead atoms. The fraction of sp³-hybridized carbons (Fsp3) is 0.647. The summed E-state index contributed by atoms with van der Waals surface area (Å²) >= 11 is 0. The summed E-state index contributed by atoms with van der Waals surface area (Å²) in [5.74, 6) is 0. The van der Waals surface area contributed by atoms with Crippen molar-refractivity contribution in [1.29, 1.82) is 0 Å². The molecule has 0 atom stereocenters. The molecule has 1 aromatic rings. The normalized spacial score (nSPS) is 22.1. The van der Waals surface area contributed by atoms with Crippen molar-refractivity contribution in [3.8, 4) is 0 Å². The van der Waals surface area contributed by atoms with Crippen LogP contribution in [0.5, 0.6) is 0 Å². The lowest BCUT2D eigenvalue weighted by atomic mass is 9.95. The van der Waals surface area contributed by atoms with Crippen molar-refractivity contribution in [2.45, 2.75) is 59.0 Å². The van der Waals surface area contributed by atoms with Gasteiger partial charge in [0.2, 0.25) is 0 Å². The molecule has 0 aromatic heterocycles. The molecule has 19 heavy (non-hydrogen) atoms. The minimum atomic E-state index is 0.159. The van der Waals surface area contributed by atoms with Gasteiger partial charge in [0.15, 0.2) is 0 Å². The zero-order valence-electron chi connectivity index (χ0n) is 13.3. The maximum atomic E-state index is 3.66. The molecule has 1 fully saturated rings. The van der Waals surface area contributed by atoms with Gasteiger partial charge in [-0.3, -0.25) is 0 Å². The first kappa shape index (κ1) is 14.4. The molecule has 1 aliphatic rings. The summed E-state index contributed by atoms with van der Waals surface area (Å²) in [5, 5.41) is 3.66. The number of aryl methyl sites for hydroxylation is 2. The number of nitrogens with zero attached hydrogens (tertiary/aromatic N) is 1. The van der Waals surface area contributed by atoms with E-state index < -0.39 is 0 Å². The highest BCUT2D eigenvalue weighted by Crippen LogP contribution is 2.31. The van der Waals surface area contributed by atoms with E-state index in [1.807, 2.05) is 0 Å². The van der Waals surface area contributed by atoms with Gasteiger partial charge < -0.3 is 10.2 Å². The number of hydrogen-bond acceptors (Lipinski definition) is 2. The van der Waals surface area contributed by atoms with E-state index in [9.17, 15) is 0 Å². The van der Waals surface area contributed by atoms with Gasteiger partial charge in [0.05, 0.1) is 0 Å². The van der Waals surface area contributed by atoms with Crippen LogP contribution < -0.4 is 10.2 Å². The summed E-state index contributed by atoms with van der Waals surface area (Å²) < 4.78 is 0. The van der Waals surface area contributed by atoms with E-state index in [0.29, 0.717) is 0 Å². The first-order valence-corrected chi connectivity index (χ1v) is 7.31. The van der Waals surface area contributed by atoms with Crippen LogP contribution in [0, 0.1) is 13.8 Å². The van der Waals surface area contributed by atoms with E-state index in [2.05, 4.69) is 70.0 Å².